The lowest BCUT2D eigenvalue weighted by Gasteiger charge is -2.29. The number of aryl methyl sites for hydroxylation is 1. The third kappa shape index (κ3) is 9.53. The number of aliphatic hydroxyl groups is 1. The molecule has 0 saturated heterocycles. The number of aliphatic hydroxyl groups excluding tert-OH is 1. The SMILES string of the molecule is CN(C[C@H](O)CNC(C)(C)CCCc1ccccc1)Sc1ccc(C(F)(F)F)cc1Br. The van der Waals surface area contributed by atoms with Crippen LogP contribution < -0.4 is 5.32 Å². The molecular formula is C23H30BrF3N2OS. The average Bonchev–Trinajstić information content (AvgIpc) is 2.68. The van der Waals surface area contributed by atoms with Crippen LogP contribution in [-0.2, 0) is 12.6 Å². The van der Waals surface area contributed by atoms with Crippen LogP contribution in [0.25, 0.3) is 0 Å². The van der Waals surface area contributed by atoms with Gasteiger partial charge < -0.3 is 10.4 Å². The van der Waals surface area contributed by atoms with E-state index in [1.54, 1.807) is 0 Å². The molecule has 31 heavy (non-hydrogen) atoms. The molecule has 172 valence electrons. The van der Waals surface area contributed by atoms with Crippen LogP contribution in [-0.4, -0.2) is 41.2 Å². The molecule has 0 saturated carbocycles. The van der Waals surface area contributed by atoms with Gasteiger partial charge in [-0.15, -0.1) is 0 Å². The Hall–Kier alpha value is -1.06. The molecule has 0 bridgehead atoms. The van der Waals surface area contributed by atoms with Crippen LogP contribution in [0.15, 0.2) is 57.9 Å². The number of nitrogens with zero attached hydrogens (tertiary/aromatic N) is 1. The van der Waals surface area contributed by atoms with Gasteiger partial charge in [-0.05, 0) is 91.8 Å². The quantitative estimate of drug-likeness (QED) is 0.349. The van der Waals surface area contributed by atoms with E-state index in [1.165, 1.54) is 23.6 Å². The summed E-state index contributed by atoms with van der Waals surface area (Å²) in [7, 11) is 1.81. The second kappa shape index (κ2) is 11.7. The van der Waals surface area contributed by atoms with Gasteiger partial charge in [0.15, 0.2) is 0 Å². The van der Waals surface area contributed by atoms with Gasteiger partial charge in [0.05, 0.1) is 11.7 Å². The topological polar surface area (TPSA) is 35.5 Å². The summed E-state index contributed by atoms with van der Waals surface area (Å²) in [5.41, 5.74) is 0.536. The number of β-amino-alcohol motifs (C(OH)–C–C–N with tert-alkyl or cyclic N) is 1. The molecule has 0 heterocycles. The Morgan fingerprint density at radius 1 is 1.13 bits per heavy atom. The molecule has 0 aliphatic rings. The van der Waals surface area contributed by atoms with Gasteiger partial charge in [-0.25, -0.2) is 4.31 Å². The monoisotopic (exact) mass is 518 g/mol. The van der Waals surface area contributed by atoms with Crippen molar-refractivity contribution in [2.75, 3.05) is 20.1 Å². The highest BCUT2D eigenvalue weighted by molar-refractivity contribution is 9.10. The zero-order valence-electron chi connectivity index (χ0n) is 18.0. The first kappa shape index (κ1) is 26.2. The molecular weight excluding hydrogens is 489 g/mol. The maximum atomic E-state index is 12.8. The number of halogens is 4. The van der Waals surface area contributed by atoms with Crippen molar-refractivity contribution in [1.82, 2.24) is 9.62 Å². The molecule has 2 N–H and O–H groups in total. The molecule has 8 heteroatoms. The number of hydrogen-bond acceptors (Lipinski definition) is 4. The van der Waals surface area contributed by atoms with Crippen LogP contribution in [0, 0.1) is 0 Å². The zero-order valence-corrected chi connectivity index (χ0v) is 20.4. The van der Waals surface area contributed by atoms with Gasteiger partial charge in [-0.1, -0.05) is 30.3 Å². The Bertz CT molecular complexity index is 818. The first-order valence-electron chi connectivity index (χ1n) is 10.2. The molecule has 2 rings (SSSR count). The summed E-state index contributed by atoms with van der Waals surface area (Å²) in [4.78, 5) is 0.664. The van der Waals surface area contributed by atoms with Crippen LogP contribution in [0.2, 0.25) is 0 Å². The summed E-state index contributed by atoms with van der Waals surface area (Å²) in [6.45, 7) is 5.08. The average molecular weight is 519 g/mol. The maximum Gasteiger partial charge on any atom is 0.416 e. The summed E-state index contributed by atoms with van der Waals surface area (Å²) in [5.74, 6) is 0. The van der Waals surface area contributed by atoms with Gasteiger partial charge in [0.25, 0.3) is 0 Å². The largest absolute Gasteiger partial charge is 0.416 e. The zero-order chi connectivity index (χ0) is 23.1. The van der Waals surface area contributed by atoms with E-state index in [9.17, 15) is 18.3 Å². The normalized spacial score (nSPS) is 13.6. The molecule has 2 aromatic carbocycles. The van der Waals surface area contributed by atoms with Crippen LogP contribution in [0.4, 0.5) is 13.2 Å². The minimum Gasteiger partial charge on any atom is -0.390 e. The number of hydrogen-bond donors (Lipinski definition) is 2. The van der Waals surface area contributed by atoms with Crippen molar-refractivity contribution in [3.8, 4) is 0 Å². The minimum absolute atomic E-state index is 0.0993. The molecule has 0 amide bonds. The number of alkyl halides is 3. The maximum absolute atomic E-state index is 12.8. The van der Waals surface area contributed by atoms with Gasteiger partial charge in [0.1, 0.15) is 0 Å². The van der Waals surface area contributed by atoms with Gasteiger partial charge in [0.2, 0.25) is 0 Å². The Morgan fingerprint density at radius 2 is 1.81 bits per heavy atom. The molecule has 0 aliphatic heterocycles. The lowest BCUT2D eigenvalue weighted by molar-refractivity contribution is -0.137. The van der Waals surface area contributed by atoms with E-state index < -0.39 is 17.8 Å². The third-order valence-corrected chi connectivity index (χ3v) is 6.84. The fourth-order valence-electron chi connectivity index (χ4n) is 3.18. The molecule has 0 aliphatic carbocycles. The van der Waals surface area contributed by atoms with Gasteiger partial charge in [-0.2, -0.15) is 13.2 Å². The van der Waals surface area contributed by atoms with E-state index in [-0.39, 0.29) is 5.54 Å². The third-order valence-electron chi connectivity index (χ3n) is 4.91. The van der Waals surface area contributed by atoms with Gasteiger partial charge in [0, 0.05) is 28.0 Å². The predicted molar refractivity (Wildman–Crippen MR) is 125 cm³/mol. The van der Waals surface area contributed by atoms with Crippen LogP contribution in [0.1, 0.15) is 37.8 Å². The van der Waals surface area contributed by atoms with Gasteiger partial charge in [-0.3, -0.25) is 0 Å². The van der Waals surface area contributed by atoms with Crippen molar-refractivity contribution < 1.29 is 18.3 Å². The molecule has 0 fully saturated rings. The van der Waals surface area contributed by atoms with Crippen LogP contribution in [0.3, 0.4) is 0 Å². The minimum atomic E-state index is -4.37. The Balaban J connectivity index is 1.75. The molecule has 1 atom stereocenters. The van der Waals surface area contributed by atoms with Gasteiger partial charge >= 0.3 is 6.18 Å². The Kier molecular flexibility index (Phi) is 9.89. The number of likely N-dealkylation sites (N-methyl/N-ethyl adjacent to an activating group) is 1. The molecule has 0 unspecified atom stereocenters. The molecule has 2 aromatic rings. The first-order valence-corrected chi connectivity index (χ1v) is 11.8. The fourth-order valence-corrected chi connectivity index (χ4v) is 4.63. The summed E-state index contributed by atoms with van der Waals surface area (Å²) in [6, 6.07) is 14.0. The highest BCUT2D eigenvalue weighted by Gasteiger charge is 2.31. The van der Waals surface area contributed by atoms with Crippen LogP contribution in [0.5, 0.6) is 0 Å². The Labute approximate surface area is 195 Å². The van der Waals surface area contributed by atoms with E-state index in [4.69, 9.17) is 0 Å². The summed E-state index contributed by atoms with van der Waals surface area (Å²) >= 11 is 4.50. The fraction of sp³-hybridized carbons (Fsp3) is 0.478. The van der Waals surface area contributed by atoms with Crippen LogP contribution >= 0.6 is 27.9 Å². The molecule has 0 spiro atoms. The van der Waals surface area contributed by atoms with Crippen molar-refractivity contribution in [3.05, 3.63) is 64.1 Å². The number of nitrogens with one attached hydrogen (secondary N) is 1. The lowest BCUT2D eigenvalue weighted by Crippen LogP contribution is -2.45. The highest BCUT2D eigenvalue weighted by atomic mass is 79.9. The van der Waals surface area contributed by atoms with E-state index in [0.29, 0.717) is 22.5 Å². The summed E-state index contributed by atoms with van der Waals surface area (Å²) in [5, 5.41) is 13.8. The van der Waals surface area contributed by atoms with E-state index >= 15 is 0 Å². The Morgan fingerprint density at radius 3 is 2.42 bits per heavy atom. The smallest absolute Gasteiger partial charge is 0.390 e. The standard InChI is InChI=1S/C23H30BrF3N2OS/c1-22(2,13-7-10-17-8-5-4-6-9-17)28-15-19(30)16-29(3)31-21-12-11-18(14-20(21)24)23(25,26)27/h4-6,8-9,11-12,14,19,28,30H,7,10,13,15-16H2,1-3H3/t19-/m1/s1. The van der Waals surface area contributed by atoms with E-state index in [1.807, 2.05) is 29.6 Å². The molecule has 0 aromatic heterocycles. The van der Waals surface area contributed by atoms with Crippen molar-refractivity contribution in [3.63, 3.8) is 0 Å². The number of rotatable bonds is 11. The second-order valence-electron chi connectivity index (χ2n) is 8.30. The van der Waals surface area contributed by atoms with Crippen molar-refractivity contribution in [2.24, 2.45) is 0 Å². The molecule has 3 nitrogen and oxygen atoms in total. The first-order chi connectivity index (χ1) is 14.5. The second-order valence-corrected chi connectivity index (χ2v) is 10.4. The summed E-state index contributed by atoms with van der Waals surface area (Å²) in [6.07, 6.45) is -1.90. The van der Waals surface area contributed by atoms with E-state index in [2.05, 4.69) is 47.2 Å². The van der Waals surface area contributed by atoms with Crippen molar-refractivity contribution in [2.45, 2.75) is 55.8 Å². The van der Waals surface area contributed by atoms with Crippen molar-refractivity contribution in [1.29, 1.82) is 0 Å². The van der Waals surface area contributed by atoms with Crippen molar-refractivity contribution >= 4 is 27.9 Å². The highest BCUT2D eigenvalue weighted by Crippen LogP contribution is 2.36. The summed E-state index contributed by atoms with van der Waals surface area (Å²) < 4.78 is 40.6. The number of benzene rings is 2. The molecule has 0 radical (unpaired) electrons. The van der Waals surface area contributed by atoms with E-state index in [0.717, 1.165) is 31.4 Å². The predicted octanol–water partition coefficient (Wildman–Crippen LogP) is 6.16. The lowest BCUT2D eigenvalue weighted by atomic mass is 9.95.